The van der Waals surface area contributed by atoms with E-state index in [4.69, 9.17) is 0 Å². The Morgan fingerprint density at radius 1 is 0.920 bits per heavy atom. The Morgan fingerprint density at radius 3 is 2.60 bits per heavy atom. The van der Waals surface area contributed by atoms with Gasteiger partial charge in [-0.05, 0) is 41.8 Å². The highest BCUT2D eigenvalue weighted by Gasteiger charge is 2.06. The predicted molar refractivity (Wildman–Crippen MR) is 100 cm³/mol. The summed E-state index contributed by atoms with van der Waals surface area (Å²) in [5, 5.41) is 2.47. The molecule has 2 heterocycles. The maximum absolute atomic E-state index is 4.21. The summed E-state index contributed by atoms with van der Waals surface area (Å²) in [6, 6.07) is 17.1. The Balaban J connectivity index is 1.47. The van der Waals surface area contributed by atoms with Crippen LogP contribution in [0.3, 0.4) is 0 Å². The van der Waals surface area contributed by atoms with Gasteiger partial charge in [0.05, 0.1) is 6.33 Å². The van der Waals surface area contributed by atoms with Crippen molar-refractivity contribution < 1.29 is 0 Å². The first-order chi connectivity index (χ1) is 12.3. The van der Waals surface area contributed by atoms with Gasteiger partial charge in [0.2, 0.25) is 0 Å². The van der Waals surface area contributed by atoms with Gasteiger partial charge >= 0.3 is 0 Å². The zero-order valence-electron chi connectivity index (χ0n) is 14.2. The second-order valence-corrected chi connectivity index (χ2v) is 6.32. The number of pyridine rings is 1. The van der Waals surface area contributed by atoms with Crippen LogP contribution in [-0.2, 0) is 13.1 Å². The lowest BCUT2D eigenvalue weighted by Crippen LogP contribution is -2.17. The van der Waals surface area contributed by atoms with E-state index in [2.05, 4.69) is 70.4 Å². The van der Waals surface area contributed by atoms with Crippen molar-refractivity contribution in [2.45, 2.75) is 13.1 Å². The summed E-state index contributed by atoms with van der Waals surface area (Å²) in [7, 11) is 2.16. The van der Waals surface area contributed by atoms with Crippen LogP contribution in [0.4, 0.5) is 0 Å². The van der Waals surface area contributed by atoms with E-state index in [9.17, 15) is 0 Å². The minimum atomic E-state index is 0.907. The number of imidazole rings is 1. The van der Waals surface area contributed by atoms with E-state index in [0.29, 0.717) is 0 Å². The van der Waals surface area contributed by atoms with Crippen molar-refractivity contribution in [2.24, 2.45) is 0 Å². The molecule has 0 amide bonds. The maximum atomic E-state index is 4.21. The van der Waals surface area contributed by atoms with Crippen molar-refractivity contribution in [1.82, 2.24) is 19.4 Å². The topological polar surface area (TPSA) is 34.0 Å². The van der Waals surface area contributed by atoms with E-state index >= 15 is 0 Å². The fraction of sp³-hybridized carbons (Fsp3) is 0.143. The molecule has 0 atom stereocenters. The number of rotatable bonds is 5. The van der Waals surface area contributed by atoms with E-state index in [0.717, 1.165) is 18.8 Å². The molecule has 0 radical (unpaired) electrons. The molecule has 0 bridgehead atoms. The molecule has 0 aliphatic carbocycles. The molecule has 0 spiro atoms. The van der Waals surface area contributed by atoms with Crippen LogP contribution >= 0.6 is 0 Å². The molecule has 2 aromatic carbocycles. The van der Waals surface area contributed by atoms with Crippen LogP contribution in [0, 0.1) is 0 Å². The van der Waals surface area contributed by atoms with E-state index in [1.165, 1.54) is 21.9 Å². The first-order valence-corrected chi connectivity index (χ1v) is 8.37. The molecule has 0 saturated heterocycles. The molecule has 0 unspecified atom stereocenters. The smallest absolute Gasteiger partial charge is 0.0991 e. The van der Waals surface area contributed by atoms with Gasteiger partial charge in [-0.1, -0.05) is 30.3 Å². The van der Waals surface area contributed by atoms with Crippen LogP contribution in [-0.4, -0.2) is 26.5 Å². The first kappa shape index (κ1) is 15.5. The summed E-state index contributed by atoms with van der Waals surface area (Å²) in [5.41, 5.74) is 3.76. The SMILES string of the molecule is CN(Cc1ccc(-n2ccnc2)cc1)Cc1cccc2cnccc12. The lowest BCUT2D eigenvalue weighted by atomic mass is 10.1. The summed E-state index contributed by atoms with van der Waals surface area (Å²) >= 11 is 0. The van der Waals surface area contributed by atoms with Crippen LogP contribution in [0.25, 0.3) is 16.5 Å². The summed E-state index contributed by atoms with van der Waals surface area (Å²) < 4.78 is 2.01. The molecular formula is C21H20N4. The molecule has 0 aliphatic rings. The minimum absolute atomic E-state index is 0.907. The highest BCUT2D eigenvalue weighted by Crippen LogP contribution is 2.19. The molecule has 4 rings (SSSR count). The minimum Gasteiger partial charge on any atom is -0.306 e. The molecular weight excluding hydrogens is 308 g/mol. The van der Waals surface area contributed by atoms with Gasteiger partial charge in [0.25, 0.3) is 0 Å². The zero-order valence-corrected chi connectivity index (χ0v) is 14.2. The number of nitrogens with zero attached hydrogens (tertiary/aromatic N) is 4. The monoisotopic (exact) mass is 328 g/mol. The Labute approximate surface area is 147 Å². The van der Waals surface area contributed by atoms with Gasteiger partial charge in [0.15, 0.2) is 0 Å². The fourth-order valence-corrected chi connectivity index (χ4v) is 3.17. The molecule has 0 aliphatic heterocycles. The van der Waals surface area contributed by atoms with Crippen molar-refractivity contribution in [1.29, 1.82) is 0 Å². The summed E-state index contributed by atoms with van der Waals surface area (Å²) in [6.45, 7) is 1.82. The van der Waals surface area contributed by atoms with Crippen molar-refractivity contribution >= 4 is 10.8 Å². The molecule has 4 heteroatoms. The zero-order chi connectivity index (χ0) is 17.1. The van der Waals surface area contributed by atoms with Gasteiger partial charge in [-0.2, -0.15) is 0 Å². The summed E-state index contributed by atoms with van der Waals surface area (Å²) in [5.74, 6) is 0. The summed E-state index contributed by atoms with van der Waals surface area (Å²) in [6.07, 6.45) is 9.35. The molecule has 4 nitrogen and oxygen atoms in total. The largest absolute Gasteiger partial charge is 0.306 e. The fourth-order valence-electron chi connectivity index (χ4n) is 3.17. The number of aromatic nitrogens is 3. The van der Waals surface area contributed by atoms with E-state index in [-0.39, 0.29) is 0 Å². The van der Waals surface area contributed by atoms with E-state index in [1.807, 2.05) is 29.5 Å². The number of hydrogen-bond acceptors (Lipinski definition) is 3. The van der Waals surface area contributed by atoms with Crippen molar-refractivity contribution in [2.75, 3.05) is 7.05 Å². The highest BCUT2D eigenvalue weighted by atomic mass is 15.1. The third-order valence-electron chi connectivity index (χ3n) is 4.40. The Hall–Kier alpha value is -2.98. The van der Waals surface area contributed by atoms with Crippen molar-refractivity contribution in [3.05, 3.63) is 90.8 Å². The van der Waals surface area contributed by atoms with Gasteiger partial charge in [-0.3, -0.25) is 9.88 Å². The lowest BCUT2D eigenvalue weighted by Gasteiger charge is -2.18. The highest BCUT2D eigenvalue weighted by molar-refractivity contribution is 5.84. The predicted octanol–water partition coefficient (Wildman–Crippen LogP) is 4.05. The molecule has 0 fully saturated rings. The second-order valence-electron chi connectivity index (χ2n) is 6.32. The normalized spacial score (nSPS) is 11.3. The second kappa shape index (κ2) is 6.87. The number of hydrogen-bond donors (Lipinski definition) is 0. The molecule has 124 valence electrons. The quantitative estimate of drug-likeness (QED) is 0.554. The van der Waals surface area contributed by atoms with Crippen LogP contribution in [0.1, 0.15) is 11.1 Å². The van der Waals surface area contributed by atoms with E-state index in [1.54, 1.807) is 6.20 Å². The average Bonchev–Trinajstić information content (AvgIpc) is 3.17. The van der Waals surface area contributed by atoms with Gasteiger partial charge < -0.3 is 4.57 Å². The van der Waals surface area contributed by atoms with Crippen LogP contribution < -0.4 is 0 Å². The Kier molecular flexibility index (Phi) is 4.27. The maximum Gasteiger partial charge on any atom is 0.0991 e. The third-order valence-corrected chi connectivity index (χ3v) is 4.40. The van der Waals surface area contributed by atoms with Gasteiger partial charge in [-0.25, -0.2) is 4.98 Å². The molecule has 0 N–H and O–H groups in total. The Bertz CT molecular complexity index is 954. The summed E-state index contributed by atoms with van der Waals surface area (Å²) in [4.78, 5) is 10.6. The molecule has 25 heavy (non-hydrogen) atoms. The van der Waals surface area contributed by atoms with E-state index < -0.39 is 0 Å². The standard InChI is InChI=1S/C21H20N4/c1-24(15-19-4-2-3-18-13-22-10-9-21(18)19)14-17-5-7-20(8-6-17)25-12-11-23-16-25/h2-13,16H,14-15H2,1H3. The van der Waals surface area contributed by atoms with Crippen molar-refractivity contribution in [3.8, 4) is 5.69 Å². The number of fused-ring (bicyclic) bond motifs is 1. The first-order valence-electron chi connectivity index (χ1n) is 8.37. The molecule has 4 aromatic rings. The molecule has 0 saturated carbocycles. The molecule has 2 aromatic heterocycles. The van der Waals surface area contributed by atoms with Gasteiger partial charge in [-0.15, -0.1) is 0 Å². The Morgan fingerprint density at radius 2 is 1.80 bits per heavy atom. The van der Waals surface area contributed by atoms with Gasteiger partial charge in [0.1, 0.15) is 0 Å². The van der Waals surface area contributed by atoms with Gasteiger partial charge in [0, 0.05) is 49.0 Å². The number of benzene rings is 2. The van der Waals surface area contributed by atoms with Crippen LogP contribution in [0.15, 0.2) is 79.6 Å². The van der Waals surface area contributed by atoms with Crippen LogP contribution in [0.2, 0.25) is 0 Å². The lowest BCUT2D eigenvalue weighted by molar-refractivity contribution is 0.320. The van der Waals surface area contributed by atoms with Crippen LogP contribution in [0.5, 0.6) is 0 Å². The average molecular weight is 328 g/mol. The van der Waals surface area contributed by atoms with Crippen molar-refractivity contribution in [3.63, 3.8) is 0 Å². The third kappa shape index (κ3) is 3.44.